The van der Waals surface area contributed by atoms with Crippen LogP contribution < -0.4 is 5.56 Å². The minimum absolute atomic E-state index is 0.155. The van der Waals surface area contributed by atoms with Gasteiger partial charge in [-0.1, -0.05) is 23.5 Å². The summed E-state index contributed by atoms with van der Waals surface area (Å²) in [7, 11) is 0. The lowest BCUT2D eigenvalue weighted by Gasteiger charge is -2.07. The maximum absolute atomic E-state index is 13.0. The highest BCUT2D eigenvalue weighted by atomic mass is 32.1. The SMILES string of the molecule is CC(=NC(Cc1cnc[nH]1)C(=O)O)c1c(C)[nH]n(-c2nc3ccccc3s2)c1=O. The molecule has 1 aromatic carbocycles. The number of nitrogens with one attached hydrogen (secondary N) is 2. The second-order valence-electron chi connectivity index (χ2n) is 6.57. The molecule has 29 heavy (non-hydrogen) atoms. The van der Waals surface area contributed by atoms with Crippen LogP contribution in [0.1, 0.15) is 23.9 Å². The van der Waals surface area contributed by atoms with Crippen LogP contribution in [0.3, 0.4) is 0 Å². The van der Waals surface area contributed by atoms with Gasteiger partial charge in [0.1, 0.15) is 0 Å². The number of H-pyrrole nitrogens is 2. The Morgan fingerprint density at radius 2 is 2.17 bits per heavy atom. The molecule has 148 valence electrons. The van der Waals surface area contributed by atoms with Crippen LogP contribution in [0.25, 0.3) is 15.3 Å². The molecule has 0 fully saturated rings. The fourth-order valence-corrected chi connectivity index (χ4v) is 4.08. The number of aliphatic imine (C=N–C) groups is 1. The number of thiazole rings is 1. The van der Waals surface area contributed by atoms with Crippen LogP contribution in [0.4, 0.5) is 0 Å². The Bertz CT molecular complexity index is 1230. The predicted octanol–water partition coefficient (Wildman–Crippen LogP) is 2.31. The van der Waals surface area contributed by atoms with E-state index < -0.39 is 12.0 Å². The number of rotatable bonds is 6. The number of carboxylic acid groups (broad SMARTS) is 1. The number of imidazole rings is 1. The van der Waals surface area contributed by atoms with E-state index in [0.717, 1.165) is 10.2 Å². The number of benzene rings is 1. The Balaban J connectivity index is 1.71. The van der Waals surface area contributed by atoms with Crippen LogP contribution in [0.15, 0.2) is 46.6 Å². The molecule has 0 aliphatic heterocycles. The highest BCUT2D eigenvalue weighted by molar-refractivity contribution is 7.20. The van der Waals surface area contributed by atoms with Gasteiger partial charge < -0.3 is 10.1 Å². The Kier molecular flexibility index (Phi) is 4.85. The highest BCUT2D eigenvalue weighted by Crippen LogP contribution is 2.23. The number of fused-ring (bicyclic) bond motifs is 1. The van der Waals surface area contributed by atoms with Crippen molar-refractivity contribution in [3.05, 3.63) is 64.1 Å². The summed E-state index contributed by atoms with van der Waals surface area (Å²) in [5, 5.41) is 13.1. The lowest BCUT2D eigenvalue weighted by molar-refractivity contribution is -0.138. The first-order valence-electron chi connectivity index (χ1n) is 8.86. The zero-order chi connectivity index (χ0) is 20.5. The maximum atomic E-state index is 13.0. The summed E-state index contributed by atoms with van der Waals surface area (Å²) in [5.41, 5.74) is 2.46. The number of aliphatic carboxylic acids is 1. The molecule has 1 unspecified atom stereocenters. The van der Waals surface area contributed by atoms with E-state index in [1.165, 1.54) is 22.3 Å². The lowest BCUT2D eigenvalue weighted by atomic mass is 10.1. The third-order valence-corrected chi connectivity index (χ3v) is 5.53. The molecule has 0 aliphatic rings. The number of para-hydroxylation sites is 1. The third-order valence-electron chi connectivity index (χ3n) is 4.51. The van der Waals surface area contributed by atoms with Crippen molar-refractivity contribution in [2.45, 2.75) is 26.3 Å². The van der Waals surface area contributed by atoms with E-state index >= 15 is 0 Å². The standard InChI is InChI=1S/C19H18N6O3S/c1-10(22-14(18(27)28)7-12-8-20-9-21-12)16-11(2)24-25(17(16)26)19-23-13-5-3-4-6-15(13)29-19/h3-6,8-9,14,24H,7H2,1-2H3,(H,20,21)(H,27,28). The fraction of sp³-hybridized carbons (Fsp3) is 0.211. The van der Waals surface area contributed by atoms with E-state index in [0.29, 0.717) is 27.8 Å². The number of hydrogen-bond acceptors (Lipinski definition) is 6. The minimum atomic E-state index is -1.07. The van der Waals surface area contributed by atoms with Gasteiger partial charge in [-0.3, -0.25) is 14.9 Å². The summed E-state index contributed by atoms with van der Waals surface area (Å²) in [4.78, 5) is 40.3. The van der Waals surface area contributed by atoms with Crippen molar-refractivity contribution in [1.29, 1.82) is 0 Å². The first-order chi connectivity index (χ1) is 13.9. The average molecular weight is 410 g/mol. The number of nitrogens with zero attached hydrogens (tertiary/aromatic N) is 4. The van der Waals surface area contributed by atoms with Crippen LogP contribution in [-0.4, -0.2) is 47.6 Å². The summed E-state index contributed by atoms with van der Waals surface area (Å²) in [6.07, 6.45) is 3.20. The maximum Gasteiger partial charge on any atom is 0.328 e. The van der Waals surface area contributed by atoms with E-state index in [-0.39, 0.29) is 12.0 Å². The van der Waals surface area contributed by atoms with E-state index in [4.69, 9.17) is 0 Å². The van der Waals surface area contributed by atoms with Gasteiger partial charge in [-0.05, 0) is 26.0 Å². The van der Waals surface area contributed by atoms with E-state index in [9.17, 15) is 14.7 Å². The van der Waals surface area contributed by atoms with Crippen molar-refractivity contribution in [2.24, 2.45) is 4.99 Å². The van der Waals surface area contributed by atoms with Gasteiger partial charge in [0.15, 0.2) is 6.04 Å². The summed E-state index contributed by atoms with van der Waals surface area (Å²) in [6, 6.07) is 6.61. The van der Waals surface area contributed by atoms with Crippen LogP contribution in [-0.2, 0) is 11.2 Å². The number of aryl methyl sites for hydroxylation is 1. The highest BCUT2D eigenvalue weighted by Gasteiger charge is 2.22. The molecule has 4 rings (SSSR count). The van der Waals surface area contributed by atoms with Gasteiger partial charge in [0.05, 0.1) is 22.1 Å². The molecule has 3 aromatic heterocycles. The first kappa shape index (κ1) is 18.8. The minimum Gasteiger partial charge on any atom is -0.480 e. The average Bonchev–Trinajstić information content (AvgIpc) is 3.39. The second kappa shape index (κ2) is 7.47. The number of carboxylic acids is 1. The molecule has 10 heteroatoms. The van der Waals surface area contributed by atoms with Crippen LogP contribution in [0.5, 0.6) is 0 Å². The van der Waals surface area contributed by atoms with E-state index in [1.807, 2.05) is 24.3 Å². The topological polar surface area (TPSA) is 129 Å². The van der Waals surface area contributed by atoms with Gasteiger partial charge >= 0.3 is 5.97 Å². The van der Waals surface area contributed by atoms with Crippen molar-refractivity contribution < 1.29 is 9.90 Å². The molecule has 3 heterocycles. The molecule has 0 saturated carbocycles. The Morgan fingerprint density at radius 1 is 1.38 bits per heavy atom. The van der Waals surface area contributed by atoms with Gasteiger partial charge in [-0.15, -0.1) is 0 Å². The summed E-state index contributed by atoms with van der Waals surface area (Å²) in [5.74, 6) is -1.07. The third kappa shape index (κ3) is 3.61. The van der Waals surface area contributed by atoms with Crippen molar-refractivity contribution in [1.82, 2.24) is 24.7 Å². The van der Waals surface area contributed by atoms with Gasteiger partial charge in [-0.25, -0.2) is 14.8 Å². The monoisotopic (exact) mass is 410 g/mol. The number of aromatic nitrogens is 5. The fourth-order valence-electron chi connectivity index (χ4n) is 3.15. The van der Waals surface area contributed by atoms with Crippen molar-refractivity contribution >= 4 is 33.2 Å². The first-order valence-corrected chi connectivity index (χ1v) is 9.68. The summed E-state index contributed by atoms with van der Waals surface area (Å²) < 4.78 is 2.35. The number of hydrogen-bond donors (Lipinski definition) is 3. The van der Waals surface area contributed by atoms with Crippen molar-refractivity contribution in [3.63, 3.8) is 0 Å². The van der Waals surface area contributed by atoms with Gasteiger partial charge in [0, 0.05) is 29.7 Å². The smallest absolute Gasteiger partial charge is 0.328 e. The molecule has 4 aromatic rings. The summed E-state index contributed by atoms with van der Waals surface area (Å²) in [6.45, 7) is 3.40. The van der Waals surface area contributed by atoms with E-state index in [1.54, 1.807) is 20.0 Å². The largest absolute Gasteiger partial charge is 0.480 e. The van der Waals surface area contributed by atoms with Crippen molar-refractivity contribution in [3.8, 4) is 5.13 Å². The summed E-state index contributed by atoms with van der Waals surface area (Å²) >= 11 is 1.40. The van der Waals surface area contributed by atoms with Crippen LogP contribution in [0.2, 0.25) is 0 Å². The zero-order valence-corrected chi connectivity index (χ0v) is 16.5. The van der Waals surface area contributed by atoms with E-state index in [2.05, 4.69) is 25.0 Å². The van der Waals surface area contributed by atoms with Crippen LogP contribution >= 0.6 is 11.3 Å². The number of aromatic amines is 2. The normalized spacial score (nSPS) is 13.1. The van der Waals surface area contributed by atoms with Gasteiger partial charge in [0.2, 0.25) is 5.13 Å². The van der Waals surface area contributed by atoms with Crippen LogP contribution in [0, 0.1) is 6.92 Å². The van der Waals surface area contributed by atoms with Gasteiger partial charge in [-0.2, -0.15) is 4.68 Å². The molecular weight excluding hydrogens is 392 g/mol. The lowest BCUT2D eigenvalue weighted by Crippen LogP contribution is -2.25. The molecule has 0 spiro atoms. The molecule has 0 saturated heterocycles. The Morgan fingerprint density at radius 3 is 2.86 bits per heavy atom. The number of carbonyl (C=O) groups is 1. The second-order valence-corrected chi connectivity index (χ2v) is 7.58. The predicted molar refractivity (Wildman–Crippen MR) is 110 cm³/mol. The molecule has 1 atom stereocenters. The molecule has 0 bridgehead atoms. The zero-order valence-electron chi connectivity index (χ0n) is 15.7. The quantitative estimate of drug-likeness (QED) is 0.420. The molecular formula is C19H18N6O3S. The molecule has 0 aliphatic carbocycles. The molecule has 9 nitrogen and oxygen atoms in total. The van der Waals surface area contributed by atoms with Crippen molar-refractivity contribution in [2.75, 3.05) is 0 Å². The Labute approximate surface area is 168 Å². The van der Waals surface area contributed by atoms with Gasteiger partial charge in [0.25, 0.3) is 5.56 Å². The molecule has 3 N–H and O–H groups in total. The molecule has 0 amide bonds. The Hall–Kier alpha value is -3.53. The molecule has 0 radical (unpaired) electrons.